The highest BCUT2D eigenvalue weighted by Crippen LogP contribution is 2.51. The number of amides is 2. The zero-order chi connectivity index (χ0) is 31.9. The standard InChI is InChI=1S/C31H33ClN2O8S/c1-8-42-20-11-13-24-22(17-20)31(5,21-15-19(28(36)41-7)9-12-23(21)32)29(37)34(24)43(38,39)26-14-10-18(16-25(26)40-6)27(35)33-30(2,3)4/h9-17H,8H2,1-7H3,(H,33,35). The number of hydrogen-bond donors (Lipinski definition) is 1. The summed E-state index contributed by atoms with van der Waals surface area (Å²) in [7, 11) is -2.12. The van der Waals surface area contributed by atoms with Crippen molar-refractivity contribution in [1.29, 1.82) is 0 Å². The lowest BCUT2D eigenvalue weighted by molar-refractivity contribution is -0.120. The number of nitrogens with one attached hydrogen (secondary N) is 1. The molecular formula is C31H33ClN2O8S. The molecule has 0 saturated heterocycles. The Morgan fingerprint density at radius 2 is 1.65 bits per heavy atom. The number of fused-ring (bicyclic) bond motifs is 1. The van der Waals surface area contributed by atoms with Gasteiger partial charge in [-0.3, -0.25) is 9.59 Å². The molecule has 0 aliphatic carbocycles. The zero-order valence-electron chi connectivity index (χ0n) is 24.9. The molecule has 43 heavy (non-hydrogen) atoms. The van der Waals surface area contributed by atoms with Crippen molar-refractivity contribution >= 4 is 45.1 Å². The smallest absolute Gasteiger partial charge is 0.337 e. The fourth-order valence-corrected chi connectivity index (χ4v) is 6.92. The van der Waals surface area contributed by atoms with E-state index >= 15 is 0 Å². The molecule has 0 fully saturated rings. The number of carbonyl (C=O) groups is 3. The van der Waals surface area contributed by atoms with Gasteiger partial charge in [0.2, 0.25) is 0 Å². The summed E-state index contributed by atoms with van der Waals surface area (Å²) < 4.78 is 45.3. The molecule has 0 radical (unpaired) electrons. The Morgan fingerprint density at radius 1 is 0.977 bits per heavy atom. The molecule has 1 aliphatic rings. The maximum atomic E-state index is 14.4. The van der Waals surface area contributed by atoms with E-state index in [0.29, 0.717) is 22.2 Å². The number of halogens is 1. The highest BCUT2D eigenvalue weighted by Gasteiger charge is 2.54. The van der Waals surface area contributed by atoms with Crippen molar-refractivity contribution in [3.8, 4) is 11.5 Å². The van der Waals surface area contributed by atoms with Crippen LogP contribution >= 0.6 is 11.6 Å². The minimum absolute atomic E-state index is 0.0760. The van der Waals surface area contributed by atoms with Crippen LogP contribution < -0.4 is 19.1 Å². The molecule has 228 valence electrons. The number of hydrogen-bond acceptors (Lipinski definition) is 8. The Labute approximate surface area is 255 Å². The second-order valence-corrected chi connectivity index (χ2v) is 13.2. The van der Waals surface area contributed by atoms with Gasteiger partial charge in [0.1, 0.15) is 21.8 Å². The van der Waals surface area contributed by atoms with Crippen LogP contribution in [0.25, 0.3) is 0 Å². The van der Waals surface area contributed by atoms with Crippen LogP contribution in [0.1, 0.15) is 66.5 Å². The predicted molar refractivity (Wildman–Crippen MR) is 162 cm³/mol. The number of esters is 1. The molecule has 4 rings (SSSR count). The van der Waals surface area contributed by atoms with E-state index < -0.39 is 38.8 Å². The number of carbonyl (C=O) groups excluding carboxylic acids is 3. The summed E-state index contributed by atoms with van der Waals surface area (Å²) in [4.78, 5) is 39.3. The van der Waals surface area contributed by atoms with E-state index in [1.807, 2.05) is 20.8 Å². The van der Waals surface area contributed by atoms with Crippen molar-refractivity contribution in [2.24, 2.45) is 0 Å². The number of anilines is 1. The third-order valence-electron chi connectivity index (χ3n) is 7.01. The van der Waals surface area contributed by atoms with Crippen LogP contribution in [0.3, 0.4) is 0 Å². The van der Waals surface area contributed by atoms with Gasteiger partial charge in [0.25, 0.3) is 21.8 Å². The van der Waals surface area contributed by atoms with Crippen molar-refractivity contribution in [3.05, 3.63) is 81.9 Å². The predicted octanol–water partition coefficient (Wildman–Crippen LogP) is 5.10. The number of nitrogens with zero attached hydrogens (tertiary/aromatic N) is 1. The Balaban J connectivity index is 1.92. The summed E-state index contributed by atoms with van der Waals surface area (Å²) in [6.45, 7) is 9.12. The third kappa shape index (κ3) is 5.66. The molecule has 1 unspecified atom stereocenters. The van der Waals surface area contributed by atoms with Gasteiger partial charge < -0.3 is 19.5 Å². The Morgan fingerprint density at radius 3 is 2.26 bits per heavy atom. The molecule has 2 amide bonds. The average Bonchev–Trinajstić information content (AvgIpc) is 3.18. The molecular weight excluding hydrogens is 596 g/mol. The van der Waals surface area contributed by atoms with Crippen molar-refractivity contribution in [3.63, 3.8) is 0 Å². The van der Waals surface area contributed by atoms with E-state index in [4.69, 9.17) is 25.8 Å². The first-order chi connectivity index (χ1) is 20.1. The average molecular weight is 629 g/mol. The molecule has 0 aromatic heterocycles. The van der Waals surface area contributed by atoms with Gasteiger partial charge in [0.15, 0.2) is 0 Å². The summed E-state index contributed by atoms with van der Waals surface area (Å²) >= 11 is 6.60. The summed E-state index contributed by atoms with van der Waals surface area (Å²) in [5, 5.41) is 2.96. The van der Waals surface area contributed by atoms with Crippen LogP contribution in [0.15, 0.2) is 59.5 Å². The van der Waals surface area contributed by atoms with Gasteiger partial charge in [-0.1, -0.05) is 11.6 Å². The second kappa shape index (κ2) is 11.5. The van der Waals surface area contributed by atoms with Crippen LogP contribution in [0.5, 0.6) is 11.5 Å². The van der Waals surface area contributed by atoms with Crippen molar-refractivity contribution in [2.75, 3.05) is 25.1 Å². The number of ether oxygens (including phenoxy) is 3. The van der Waals surface area contributed by atoms with Gasteiger partial charge >= 0.3 is 5.97 Å². The SMILES string of the molecule is CCOc1ccc2c(c1)C(C)(c1cc(C(=O)OC)ccc1Cl)C(=O)N2S(=O)(=O)c1ccc(C(=O)NC(C)(C)C)cc1OC. The minimum Gasteiger partial charge on any atom is -0.495 e. The molecule has 1 heterocycles. The molecule has 3 aromatic carbocycles. The molecule has 12 heteroatoms. The van der Waals surface area contributed by atoms with Crippen molar-refractivity contribution < 1.29 is 37.0 Å². The monoisotopic (exact) mass is 628 g/mol. The Hall–Kier alpha value is -4.09. The topological polar surface area (TPSA) is 128 Å². The van der Waals surface area contributed by atoms with Crippen LogP contribution in [0, 0.1) is 0 Å². The van der Waals surface area contributed by atoms with Gasteiger partial charge in [0, 0.05) is 21.7 Å². The fourth-order valence-electron chi connectivity index (χ4n) is 4.96. The maximum Gasteiger partial charge on any atom is 0.337 e. The summed E-state index contributed by atoms with van der Waals surface area (Å²) in [5.41, 5.74) is -1.30. The normalized spacial score (nSPS) is 16.5. The quantitative estimate of drug-likeness (QED) is 0.341. The van der Waals surface area contributed by atoms with E-state index in [9.17, 15) is 22.8 Å². The van der Waals surface area contributed by atoms with Gasteiger partial charge in [0.05, 0.1) is 32.1 Å². The van der Waals surface area contributed by atoms with Crippen LogP contribution in [0.4, 0.5) is 5.69 Å². The number of rotatable bonds is 8. The zero-order valence-corrected chi connectivity index (χ0v) is 26.5. The first-order valence-electron chi connectivity index (χ1n) is 13.4. The lowest BCUT2D eigenvalue weighted by atomic mass is 9.76. The summed E-state index contributed by atoms with van der Waals surface area (Å²) in [5.74, 6) is -1.63. The van der Waals surface area contributed by atoms with E-state index in [-0.39, 0.29) is 38.0 Å². The van der Waals surface area contributed by atoms with Crippen molar-refractivity contribution in [2.45, 2.75) is 50.5 Å². The molecule has 1 aliphatic heterocycles. The maximum absolute atomic E-state index is 14.4. The molecule has 0 saturated carbocycles. The Bertz CT molecular complexity index is 1730. The van der Waals surface area contributed by atoms with Crippen LogP contribution in [-0.2, 0) is 25.0 Å². The van der Waals surface area contributed by atoms with Crippen LogP contribution in [-0.4, -0.2) is 52.6 Å². The second-order valence-electron chi connectivity index (χ2n) is 11.1. The first kappa shape index (κ1) is 31.8. The molecule has 0 spiro atoms. The molecule has 3 aromatic rings. The lowest BCUT2D eigenvalue weighted by Gasteiger charge is -2.26. The van der Waals surface area contributed by atoms with E-state index in [1.54, 1.807) is 26.0 Å². The van der Waals surface area contributed by atoms with Gasteiger partial charge in [-0.15, -0.1) is 0 Å². The number of methoxy groups -OCH3 is 2. The molecule has 0 bridgehead atoms. The van der Waals surface area contributed by atoms with Crippen LogP contribution in [0.2, 0.25) is 5.02 Å². The van der Waals surface area contributed by atoms with Gasteiger partial charge in [-0.2, -0.15) is 0 Å². The Kier molecular flexibility index (Phi) is 8.54. The van der Waals surface area contributed by atoms with E-state index in [1.165, 1.54) is 56.7 Å². The fraction of sp³-hybridized carbons (Fsp3) is 0.323. The van der Waals surface area contributed by atoms with E-state index in [0.717, 1.165) is 0 Å². The molecule has 10 nitrogen and oxygen atoms in total. The number of sulfonamides is 1. The largest absolute Gasteiger partial charge is 0.495 e. The first-order valence-corrected chi connectivity index (χ1v) is 15.2. The minimum atomic E-state index is -4.62. The van der Waals surface area contributed by atoms with Gasteiger partial charge in [-0.25, -0.2) is 17.5 Å². The molecule has 1 atom stereocenters. The summed E-state index contributed by atoms with van der Waals surface area (Å²) in [6.07, 6.45) is 0. The highest BCUT2D eigenvalue weighted by molar-refractivity contribution is 7.93. The van der Waals surface area contributed by atoms with Gasteiger partial charge in [-0.05, 0) is 94.8 Å². The van der Waals surface area contributed by atoms with E-state index in [2.05, 4.69) is 5.32 Å². The third-order valence-corrected chi connectivity index (χ3v) is 9.07. The lowest BCUT2D eigenvalue weighted by Crippen LogP contribution is -2.42. The van der Waals surface area contributed by atoms with Crippen molar-refractivity contribution in [1.82, 2.24) is 5.32 Å². The molecule has 1 N–H and O–H groups in total. The summed E-state index contributed by atoms with van der Waals surface area (Å²) in [6, 6.07) is 12.9. The highest BCUT2D eigenvalue weighted by atomic mass is 35.5. The number of benzene rings is 3.